The van der Waals surface area contributed by atoms with Gasteiger partial charge in [-0.3, -0.25) is 0 Å². The molecule has 0 saturated heterocycles. The highest BCUT2D eigenvalue weighted by molar-refractivity contribution is 4.75. The first kappa shape index (κ1) is 17.9. The molecule has 0 aliphatic carbocycles. The van der Waals surface area contributed by atoms with Gasteiger partial charge >= 0.3 is 0 Å². The van der Waals surface area contributed by atoms with Gasteiger partial charge in [0.1, 0.15) is 0 Å². The largest absolute Gasteiger partial charge is 0.330 e. The Morgan fingerprint density at radius 1 is 1.11 bits per heavy atom. The summed E-state index contributed by atoms with van der Waals surface area (Å²) in [7, 11) is 0. The molecule has 0 heterocycles. The second-order valence-electron chi connectivity index (χ2n) is 6.67. The summed E-state index contributed by atoms with van der Waals surface area (Å²) in [5, 5.41) is 0. The van der Waals surface area contributed by atoms with Crippen LogP contribution >= 0.6 is 0 Å². The summed E-state index contributed by atoms with van der Waals surface area (Å²) in [6.07, 6.45) is 5.03. The second kappa shape index (κ2) is 8.92. The third-order valence-electron chi connectivity index (χ3n) is 4.36. The average Bonchev–Trinajstić information content (AvgIpc) is 2.31. The molecule has 2 heteroatoms. The zero-order chi connectivity index (χ0) is 14.2. The van der Waals surface area contributed by atoms with Crippen LogP contribution < -0.4 is 5.73 Å². The Labute approximate surface area is 115 Å². The summed E-state index contributed by atoms with van der Waals surface area (Å²) in [5.41, 5.74) is 6.14. The molecule has 2 atom stereocenters. The van der Waals surface area contributed by atoms with Crippen molar-refractivity contribution in [3.05, 3.63) is 0 Å². The molecule has 2 nitrogen and oxygen atoms in total. The van der Waals surface area contributed by atoms with Crippen LogP contribution in [0.5, 0.6) is 0 Å². The minimum Gasteiger partial charge on any atom is -0.330 e. The number of hydrogen-bond acceptors (Lipinski definition) is 2. The third kappa shape index (κ3) is 6.75. The third-order valence-corrected chi connectivity index (χ3v) is 4.36. The van der Waals surface area contributed by atoms with E-state index in [1.807, 2.05) is 0 Å². The Morgan fingerprint density at radius 2 is 1.72 bits per heavy atom. The van der Waals surface area contributed by atoms with Crippen molar-refractivity contribution >= 4 is 0 Å². The van der Waals surface area contributed by atoms with E-state index in [0.29, 0.717) is 5.41 Å². The molecule has 0 bridgehead atoms. The van der Waals surface area contributed by atoms with Crippen molar-refractivity contribution in [3.63, 3.8) is 0 Å². The lowest BCUT2D eigenvalue weighted by Crippen LogP contribution is -2.34. The molecular weight excluding hydrogens is 220 g/mol. The van der Waals surface area contributed by atoms with E-state index in [1.165, 1.54) is 38.8 Å². The lowest BCUT2D eigenvalue weighted by atomic mass is 9.76. The molecule has 0 aromatic rings. The Balaban J connectivity index is 4.12. The maximum atomic E-state index is 5.74. The lowest BCUT2D eigenvalue weighted by molar-refractivity contribution is 0.175. The van der Waals surface area contributed by atoms with Crippen LogP contribution in [-0.2, 0) is 0 Å². The van der Waals surface area contributed by atoms with Crippen molar-refractivity contribution in [3.8, 4) is 0 Å². The predicted octanol–water partition coefficient (Wildman–Crippen LogP) is 3.90. The van der Waals surface area contributed by atoms with Crippen molar-refractivity contribution in [2.45, 2.75) is 73.3 Å². The predicted molar refractivity (Wildman–Crippen MR) is 82.9 cm³/mol. The van der Waals surface area contributed by atoms with Crippen LogP contribution in [0.25, 0.3) is 0 Å². The second-order valence-corrected chi connectivity index (χ2v) is 6.67. The minimum atomic E-state index is 0.396. The monoisotopic (exact) mass is 256 g/mol. The minimum absolute atomic E-state index is 0.396. The summed E-state index contributed by atoms with van der Waals surface area (Å²) in [6.45, 7) is 17.2. The van der Waals surface area contributed by atoms with Crippen molar-refractivity contribution in [2.24, 2.45) is 17.1 Å². The van der Waals surface area contributed by atoms with Gasteiger partial charge in [-0.05, 0) is 63.6 Å². The Hall–Kier alpha value is -0.0800. The van der Waals surface area contributed by atoms with Gasteiger partial charge in [0.2, 0.25) is 0 Å². The van der Waals surface area contributed by atoms with E-state index in [1.54, 1.807) is 0 Å². The standard InChI is InChI=1S/C16H36N2/c1-7-14(3)18(8-2)13-9-10-15(11-12-17)16(4,5)6/h14-15H,7-13,17H2,1-6H3. The van der Waals surface area contributed by atoms with Crippen LogP contribution in [0.4, 0.5) is 0 Å². The van der Waals surface area contributed by atoms with Gasteiger partial charge in [-0.2, -0.15) is 0 Å². The lowest BCUT2D eigenvalue weighted by Gasteiger charge is -2.32. The first-order valence-corrected chi connectivity index (χ1v) is 7.80. The number of nitrogens with zero attached hydrogens (tertiary/aromatic N) is 1. The van der Waals surface area contributed by atoms with E-state index in [0.717, 1.165) is 18.5 Å². The van der Waals surface area contributed by atoms with Crippen molar-refractivity contribution < 1.29 is 0 Å². The normalized spacial score (nSPS) is 16.0. The Morgan fingerprint density at radius 3 is 2.11 bits per heavy atom. The summed E-state index contributed by atoms with van der Waals surface area (Å²) < 4.78 is 0. The van der Waals surface area contributed by atoms with Crippen LogP contribution in [0, 0.1) is 11.3 Å². The van der Waals surface area contributed by atoms with Crippen LogP contribution in [0.3, 0.4) is 0 Å². The molecule has 2 N–H and O–H groups in total. The van der Waals surface area contributed by atoms with E-state index in [2.05, 4.69) is 46.4 Å². The SMILES string of the molecule is CCC(C)N(CC)CCCC(CCN)C(C)(C)C. The van der Waals surface area contributed by atoms with Crippen LogP contribution in [0.2, 0.25) is 0 Å². The smallest absolute Gasteiger partial charge is 0.00641 e. The molecule has 0 aliphatic rings. The maximum Gasteiger partial charge on any atom is 0.00641 e. The quantitative estimate of drug-likeness (QED) is 0.678. The molecule has 18 heavy (non-hydrogen) atoms. The molecule has 0 fully saturated rings. The molecule has 0 saturated carbocycles. The van der Waals surface area contributed by atoms with Gasteiger partial charge in [0.25, 0.3) is 0 Å². The molecule has 110 valence electrons. The number of nitrogens with two attached hydrogens (primary N) is 1. The first-order chi connectivity index (χ1) is 8.36. The van der Waals surface area contributed by atoms with Crippen LogP contribution in [-0.4, -0.2) is 30.6 Å². The summed E-state index contributed by atoms with van der Waals surface area (Å²) in [4.78, 5) is 2.60. The van der Waals surface area contributed by atoms with Crippen LogP contribution in [0.15, 0.2) is 0 Å². The zero-order valence-corrected chi connectivity index (χ0v) is 13.6. The topological polar surface area (TPSA) is 29.3 Å². The fourth-order valence-corrected chi connectivity index (χ4v) is 2.70. The average molecular weight is 256 g/mol. The Kier molecular flexibility index (Phi) is 8.89. The molecule has 0 spiro atoms. The molecule has 0 radical (unpaired) electrons. The van der Waals surface area contributed by atoms with Gasteiger partial charge in [0.05, 0.1) is 0 Å². The molecule has 0 amide bonds. The van der Waals surface area contributed by atoms with E-state index >= 15 is 0 Å². The summed E-state index contributed by atoms with van der Waals surface area (Å²) >= 11 is 0. The number of hydrogen-bond donors (Lipinski definition) is 1. The van der Waals surface area contributed by atoms with Gasteiger partial charge in [0.15, 0.2) is 0 Å². The van der Waals surface area contributed by atoms with Crippen molar-refractivity contribution in [2.75, 3.05) is 19.6 Å². The van der Waals surface area contributed by atoms with E-state index in [4.69, 9.17) is 5.73 Å². The first-order valence-electron chi connectivity index (χ1n) is 7.80. The van der Waals surface area contributed by atoms with Gasteiger partial charge in [-0.15, -0.1) is 0 Å². The molecule has 0 aromatic heterocycles. The molecular formula is C16H36N2. The van der Waals surface area contributed by atoms with E-state index < -0.39 is 0 Å². The van der Waals surface area contributed by atoms with E-state index in [9.17, 15) is 0 Å². The van der Waals surface area contributed by atoms with Gasteiger partial charge < -0.3 is 10.6 Å². The highest BCUT2D eigenvalue weighted by Gasteiger charge is 2.23. The zero-order valence-electron chi connectivity index (χ0n) is 13.6. The molecule has 0 aliphatic heterocycles. The number of rotatable bonds is 9. The van der Waals surface area contributed by atoms with Crippen molar-refractivity contribution in [1.82, 2.24) is 4.90 Å². The van der Waals surface area contributed by atoms with E-state index in [-0.39, 0.29) is 0 Å². The Bertz CT molecular complexity index is 196. The molecule has 0 aromatic carbocycles. The maximum absolute atomic E-state index is 5.74. The van der Waals surface area contributed by atoms with Gasteiger partial charge in [-0.25, -0.2) is 0 Å². The van der Waals surface area contributed by atoms with Gasteiger partial charge in [-0.1, -0.05) is 34.6 Å². The molecule has 0 rings (SSSR count). The van der Waals surface area contributed by atoms with Gasteiger partial charge in [0, 0.05) is 6.04 Å². The summed E-state index contributed by atoms with van der Waals surface area (Å²) in [5.74, 6) is 0.762. The summed E-state index contributed by atoms with van der Waals surface area (Å²) in [6, 6.07) is 0.720. The molecule has 2 unspecified atom stereocenters. The van der Waals surface area contributed by atoms with Crippen LogP contribution in [0.1, 0.15) is 67.2 Å². The highest BCUT2D eigenvalue weighted by Crippen LogP contribution is 2.32. The fourth-order valence-electron chi connectivity index (χ4n) is 2.70. The highest BCUT2D eigenvalue weighted by atomic mass is 15.1. The van der Waals surface area contributed by atoms with Crippen molar-refractivity contribution in [1.29, 1.82) is 0 Å². The fraction of sp³-hybridized carbons (Fsp3) is 1.00.